The summed E-state index contributed by atoms with van der Waals surface area (Å²) >= 11 is 0. The Balaban J connectivity index is 0.000000183. The van der Waals surface area contributed by atoms with E-state index < -0.39 is 0 Å². The SMILES string of the molecule is CCCCC(=O)OCCN.O=C1C=C(N2CC2)C(=O)C(N2CC2)=C1N1CC1. The summed E-state index contributed by atoms with van der Waals surface area (Å²) in [4.78, 5) is 41.2. The van der Waals surface area contributed by atoms with Crippen molar-refractivity contribution in [3.8, 4) is 0 Å². The van der Waals surface area contributed by atoms with Gasteiger partial charge in [-0.1, -0.05) is 13.3 Å². The molecular formula is C19H28N4O4. The van der Waals surface area contributed by atoms with Crippen LogP contribution >= 0.6 is 0 Å². The van der Waals surface area contributed by atoms with Gasteiger partial charge in [-0.15, -0.1) is 0 Å². The summed E-state index contributed by atoms with van der Waals surface area (Å²) in [6, 6.07) is 0. The standard InChI is InChI=1S/C12H13N3O2.C7H15NO2/c16-9-7-8(13-1-2-13)12(17)11(15-5-6-15)10(9)14-3-4-14;1-2-3-4-7(9)10-6-5-8/h7H,1-6H2;2-6,8H2,1H3. The molecule has 27 heavy (non-hydrogen) atoms. The van der Waals surface area contributed by atoms with Crippen LogP contribution in [0.1, 0.15) is 26.2 Å². The summed E-state index contributed by atoms with van der Waals surface area (Å²) in [6.45, 7) is 8.21. The minimum atomic E-state index is -0.132. The van der Waals surface area contributed by atoms with Crippen LogP contribution in [0.15, 0.2) is 23.2 Å². The highest BCUT2D eigenvalue weighted by Crippen LogP contribution is 2.33. The van der Waals surface area contributed by atoms with Crippen LogP contribution in [-0.4, -0.2) is 84.7 Å². The molecule has 8 nitrogen and oxygen atoms in total. The van der Waals surface area contributed by atoms with Crippen LogP contribution in [0.2, 0.25) is 0 Å². The second-order valence-corrected chi connectivity index (χ2v) is 6.99. The highest BCUT2D eigenvalue weighted by molar-refractivity contribution is 6.22. The van der Waals surface area contributed by atoms with E-state index >= 15 is 0 Å². The summed E-state index contributed by atoms with van der Waals surface area (Å²) in [5, 5.41) is 0. The molecule has 0 bridgehead atoms. The van der Waals surface area contributed by atoms with Crippen molar-refractivity contribution in [1.82, 2.24) is 14.7 Å². The Morgan fingerprint density at radius 1 is 1.04 bits per heavy atom. The van der Waals surface area contributed by atoms with Crippen LogP contribution in [0.4, 0.5) is 0 Å². The predicted molar refractivity (Wildman–Crippen MR) is 99.4 cm³/mol. The van der Waals surface area contributed by atoms with Crippen LogP contribution in [0.3, 0.4) is 0 Å². The highest BCUT2D eigenvalue weighted by Gasteiger charge is 2.43. The molecule has 3 heterocycles. The Hall–Kier alpha value is -2.35. The zero-order chi connectivity index (χ0) is 19.4. The molecule has 3 aliphatic heterocycles. The molecule has 4 aliphatic rings. The topological polar surface area (TPSA) is 95.5 Å². The van der Waals surface area contributed by atoms with Crippen LogP contribution in [0.25, 0.3) is 0 Å². The van der Waals surface area contributed by atoms with E-state index in [2.05, 4.69) is 0 Å². The lowest BCUT2D eigenvalue weighted by atomic mass is 10.0. The van der Waals surface area contributed by atoms with Gasteiger partial charge in [-0.25, -0.2) is 0 Å². The first kappa shape index (κ1) is 19.4. The Morgan fingerprint density at radius 2 is 1.63 bits per heavy atom. The van der Waals surface area contributed by atoms with Crippen molar-refractivity contribution >= 4 is 17.5 Å². The number of nitrogens with zero attached hydrogens (tertiary/aromatic N) is 3. The van der Waals surface area contributed by atoms with Gasteiger partial charge in [0.25, 0.3) is 0 Å². The van der Waals surface area contributed by atoms with E-state index in [1.807, 2.05) is 21.6 Å². The first-order chi connectivity index (χ1) is 13.1. The van der Waals surface area contributed by atoms with E-state index in [4.69, 9.17) is 10.5 Å². The van der Waals surface area contributed by atoms with Crippen molar-refractivity contribution in [2.45, 2.75) is 26.2 Å². The van der Waals surface area contributed by atoms with E-state index in [1.165, 1.54) is 6.08 Å². The fraction of sp³-hybridized carbons (Fsp3) is 0.632. The van der Waals surface area contributed by atoms with Gasteiger partial charge >= 0.3 is 5.97 Å². The van der Waals surface area contributed by atoms with Gasteiger partial charge in [0.15, 0.2) is 0 Å². The van der Waals surface area contributed by atoms with Gasteiger partial charge in [-0.05, 0) is 6.42 Å². The summed E-state index contributed by atoms with van der Waals surface area (Å²) < 4.78 is 4.73. The maximum absolute atomic E-state index is 12.4. The number of carbonyl (C=O) groups excluding carboxylic acids is 3. The third kappa shape index (κ3) is 5.09. The molecule has 0 radical (unpaired) electrons. The number of allylic oxidation sites excluding steroid dienone is 1. The Morgan fingerprint density at radius 3 is 2.15 bits per heavy atom. The first-order valence-electron chi connectivity index (χ1n) is 9.72. The summed E-state index contributed by atoms with van der Waals surface area (Å²) in [6.07, 6.45) is 3.98. The van der Waals surface area contributed by atoms with E-state index in [9.17, 15) is 14.4 Å². The molecule has 0 saturated carbocycles. The lowest BCUT2D eigenvalue weighted by Gasteiger charge is -2.21. The minimum Gasteiger partial charge on any atom is -0.464 e. The molecule has 1 aliphatic carbocycles. The van der Waals surface area contributed by atoms with Crippen LogP contribution in [0, 0.1) is 0 Å². The van der Waals surface area contributed by atoms with Gasteiger partial charge < -0.3 is 25.2 Å². The number of ether oxygens (including phenoxy) is 1. The molecule has 0 aromatic rings. The van der Waals surface area contributed by atoms with Gasteiger partial charge in [-0.3, -0.25) is 14.4 Å². The van der Waals surface area contributed by atoms with Crippen molar-refractivity contribution in [2.24, 2.45) is 5.73 Å². The number of hydrogen-bond acceptors (Lipinski definition) is 8. The molecule has 4 rings (SSSR count). The number of Topliss-reactive ketones (excluding diaryl/α,β-unsaturated/α-hetero) is 1. The fourth-order valence-electron chi connectivity index (χ4n) is 2.84. The van der Waals surface area contributed by atoms with Crippen molar-refractivity contribution < 1.29 is 19.1 Å². The summed E-state index contributed by atoms with van der Waals surface area (Å²) in [5.74, 6) is -0.0836. The lowest BCUT2D eigenvalue weighted by molar-refractivity contribution is -0.143. The molecule has 3 saturated heterocycles. The van der Waals surface area contributed by atoms with E-state index in [1.54, 1.807) is 0 Å². The molecule has 2 N–H and O–H groups in total. The molecule has 0 aromatic heterocycles. The first-order valence-corrected chi connectivity index (χ1v) is 9.72. The molecule has 0 amide bonds. The number of esters is 1. The third-order valence-corrected chi connectivity index (χ3v) is 4.60. The molecule has 3 fully saturated rings. The van der Waals surface area contributed by atoms with Gasteiger partial charge in [0.1, 0.15) is 18.0 Å². The van der Waals surface area contributed by atoms with Crippen LogP contribution in [0.5, 0.6) is 0 Å². The normalized spacial score (nSPS) is 20.2. The molecule has 8 heteroatoms. The smallest absolute Gasteiger partial charge is 0.305 e. The molecule has 0 atom stereocenters. The molecular weight excluding hydrogens is 348 g/mol. The number of ketones is 2. The molecule has 148 valence electrons. The number of nitrogens with two attached hydrogens (primary N) is 1. The Kier molecular flexibility index (Phi) is 6.15. The number of carbonyl (C=O) groups is 3. The number of hydrogen-bond donors (Lipinski definition) is 1. The summed E-state index contributed by atoms with van der Waals surface area (Å²) in [7, 11) is 0. The third-order valence-electron chi connectivity index (χ3n) is 4.60. The van der Waals surface area contributed by atoms with Crippen LogP contribution < -0.4 is 5.73 Å². The number of unbranched alkanes of at least 4 members (excludes halogenated alkanes) is 1. The lowest BCUT2D eigenvalue weighted by Crippen LogP contribution is -2.29. The monoisotopic (exact) mass is 376 g/mol. The average molecular weight is 376 g/mol. The molecule has 0 aromatic carbocycles. The average Bonchev–Trinajstić information content (AvgIpc) is 3.50. The van der Waals surface area contributed by atoms with Crippen molar-refractivity contribution in [2.75, 3.05) is 52.4 Å². The van der Waals surface area contributed by atoms with Crippen molar-refractivity contribution in [1.29, 1.82) is 0 Å². The maximum Gasteiger partial charge on any atom is 0.305 e. The highest BCUT2D eigenvalue weighted by atomic mass is 16.5. The second-order valence-electron chi connectivity index (χ2n) is 6.99. The van der Waals surface area contributed by atoms with Gasteiger partial charge in [0.2, 0.25) is 11.6 Å². The van der Waals surface area contributed by atoms with Gasteiger partial charge in [0.05, 0.1) is 5.70 Å². The van der Waals surface area contributed by atoms with Crippen LogP contribution in [-0.2, 0) is 19.1 Å². The van der Waals surface area contributed by atoms with E-state index in [0.717, 1.165) is 52.1 Å². The zero-order valence-corrected chi connectivity index (χ0v) is 15.9. The van der Waals surface area contributed by atoms with Crippen molar-refractivity contribution in [3.05, 3.63) is 23.2 Å². The van der Waals surface area contributed by atoms with E-state index in [-0.39, 0.29) is 17.5 Å². The van der Waals surface area contributed by atoms with E-state index in [0.29, 0.717) is 36.7 Å². The quantitative estimate of drug-likeness (QED) is 0.355. The molecule has 0 unspecified atom stereocenters. The largest absolute Gasteiger partial charge is 0.464 e. The zero-order valence-electron chi connectivity index (χ0n) is 15.9. The summed E-state index contributed by atoms with van der Waals surface area (Å²) in [5.41, 5.74) is 7.01. The van der Waals surface area contributed by atoms with Gasteiger partial charge in [0, 0.05) is 58.3 Å². The number of rotatable bonds is 8. The van der Waals surface area contributed by atoms with Crippen molar-refractivity contribution in [3.63, 3.8) is 0 Å². The minimum absolute atomic E-state index is 0.00546. The fourth-order valence-corrected chi connectivity index (χ4v) is 2.84. The predicted octanol–water partition coefficient (Wildman–Crippen LogP) is -0.141. The maximum atomic E-state index is 12.4. The Bertz CT molecular complexity index is 663. The van der Waals surface area contributed by atoms with Gasteiger partial charge in [-0.2, -0.15) is 0 Å². The second kappa shape index (κ2) is 8.56. The Labute approximate surface area is 159 Å². The molecule has 0 spiro atoms.